The average Bonchev–Trinajstić information content (AvgIpc) is 2.95. The Balaban J connectivity index is 1.95. The molecule has 0 aliphatic rings. The molecule has 3 aromatic rings. The summed E-state index contributed by atoms with van der Waals surface area (Å²) in [6, 6.07) is 5.92. The first-order chi connectivity index (χ1) is 12.8. The van der Waals surface area contributed by atoms with Crippen molar-refractivity contribution in [2.75, 3.05) is 5.75 Å². The van der Waals surface area contributed by atoms with Gasteiger partial charge in [0.1, 0.15) is 4.83 Å². The van der Waals surface area contributed by atoms with Gasteiger partial charge in [-0.05, 0) is 44.9 Å². The lowest BCUT2D eigenvalue weighted by molar-refractivity contribution is 0.102. The van der Waals surface area contributed by atoms with E-state index in [0.717, 1.165) is 32.0 Å². The van der Waals surface area contributed by atoms with Crippen molar-refractivity contribution in [3.05, 3.63) is 68.3 Å². The fraction of sp³-hybridized carbons (Fsp3) is 0.286. The Labute approximate surface area is 167 Å². The van der Waals surface area contributed by atoms with Gasteiger partial charge in [0.2, 0.25) is 0 Å². The number of fused-ring (bicyclic) bond motifs is 1. The average molecular weight is 399 g/mol. The Kier molecular flexibility index (Phi) is 5.67. The third-order valence-electron chi connectivity index (χ3n) is 4.34. The highest BCUT2D eigenvalue weighted by molar-refractivity contribution is 7.99. The molecular weight excluding hydrogens is 376 g/mol. The van der Waals surface area contributed by atoms with Gasteiger partial charge in [-0.3, -0.25) is 14.2 Å². The van der Waals surface area contributed by atoms with Crippen molar-refractivity contribution in [2.24, 2.45) is 0 Å². The van der Waals surface area contributed by atoms with E-state index in [1.54, 1.807) is 10.6 Å². The van der Waals surface area contributed by atoms with Gasteiger partial charge in [-0.25, -0.2) is 4.98 Å². The molecule has 0 amide bonds. The van der Waals surface area contributed by atoms with Crippen molar-refractivity contribution in [3.8, 4) is 0 Å². The number of carbonyl (C=O) groups excluding carboxylic acids is 1. The lowest BCUT2D eigenvalue weighted by Gasteiger charge is -2.12. The number of benzene rings is 1. The number of hydrogen-bond donors (Lipinski definition) is 0. The standard InChI is InChI=1S/C21H22N2O2S2/c1-6-7-23-20(25)16-10-15(5)27-19(16)22-21(23)26-11-17(24)18-13(3)8-12(2)9-14(18)4/h6,8-10H,1,7,11H2,2-5H3. The molecule has 1 aromatic carbocycles. The molecule has 0 unspecified atom stereocenters. The summed E-state index contributed by atoms with van der Waals surface area (Å²) in [4.78, 5) is 32.0. The highest BCUT2D eigenvalue weighted by Crippen LogP contribution is 2.26. The summed E-state index contributed by atoms with van der Waals surface area (Å²) in [7, 11) is 0. The summed E-state index contributed by atoms with van der Waals surface area (Å²) in [6.45, 7) is 12.0. The highest BCUT2D eigenvalue weighted by atomic mass is 32.2. The summed E-state index contributed by atoms with van der Waals surface area (Å²) in [5, 5.41) is 1.19. The molecule has 0 N–H and O–H groups in total. The van der Waals surface area contributed by atoms with E-state index < -0.39 is 0 Å². The van der Waals surface area contributed by atoms with Gasteiger partial charge in [0.25, 0.3) is 5.56 Å². The molecule has 0 saturated heterocycles. The second-order valence-corrected chi connectivity index (χ2v) is 8.84. The molecule has 4 nitrogen and oxygen atoms in total. The van der Waals surface area contributed by atoms with Gasteiger partial charge in [0.15, 0.2) is 10.9 Å². The Morgan fingerprint density at radius 1 is 1.22 bits per heavy atom. The first-order valence-corrected chi connectivity index (χ1v) is 10.5. The summed E-state index contributed by atoms with van der Waals surface area (Å²) < 4.78 is 1.59. The van der Waals surface area contributed by atoms with Crippen LogP contribution in [-0.4, -0.2) is 21.1 Å². The van der Waals surface area contributed by atoms with Crippen molar-refractivity contribution in [2.45, 2.75) is 39.4 Å². The predicted octanol–water partition coefficient (Wildman–Crippen LogP) is 4.85. The van der Waals surface area contributed by atoms with E-state index in [1.807, 2.05) is 45.9 Å². The summed E-state index contributed by atoms with van der Waals surface area (Å²) in [5.41, 5.74) is 3.80. The zero-order valence-electron chi connectivity index (χ0n) is 16.0. The van der Waals surface area contributed by atoms with Crippen LogP contribution in [0.2, 0.25) is 0 Å². The van der Waals surface area contributed by atoms with Crippen molar-refractivity contribution in [3.63, 3.8) is 0 Å². The molecule has 0 aliphatic carbocycles. The van der Waals surface area contributed by atoms with Crippen molar-refractivity contribution in [1.29, 1.82) is 0 Å². The first-order valence-electron chi connectivity index (χ1n) is 8.67. The second kappa shape index (κ2) is 7.82. The molecule has 0 radical (unpaired) electrons. The molecule has 0 bridgehead atoms. The fourth-order valence-corrected chi connectivity index (χ4v) is 5.14. The third-order valence-corrected chi connectivity index (χ3v) is 6.26. The van der Waals surface area contributed by atoms with Crippen LogP contribution in [0.1, 0.15) is 31.9 Å². The van der Waals surface area contributed by atoms with E-state index in [2.05, 4.69) is 11.6 Å². The van der Waals surface area contributed by atoms with Crippen LogP contribution in [0.3, 0.4) is 0 Å². The molecule has 0 atom stereocenters. The number of thiophene rings is 1. The van der Waals surface area contributed by atoms with E-state index in [1.165, 1.54) is 23.1 Å². The van der Waals surface area contributed by atoms with E-state index in [9.17, 15) is 9.59 Å². The Hall–Kier alpha value is -2.18. The zero-order chi connectivity index (χ0) is 19.7. The summed E-state index contributed by atoms with van der Waals surface area (Å²) in [5.74, 6) is 0.293. The molecule has 2 aromatic heterocycles. The van der Waals surface area contributed by atoms with Crippen molar-refractivity contribution >= 4 is 39.1 Å². The number of aromatic nitrogens is 2. The largest absolute Gasteiger partial charge is 0.293 e. The molecule has 0 fully saturated rings. The normalized spacial score (nSPS) is 11.1. The van der Waals surface area contributed by atoms with Gasteiger partial charge < -0.3 is 0 Å². The molecule has 0 saturated carbocycles. The number of carbonyl (C=O) groups is 1. The van der Waals surface area contributed by atoms with Gasteiger partial charge in [-0.1, -0.05) is 35.5 Å². The predicted molar refractivity (Wildman–Crippen MR) is 115 cm³/mol. The number of allylic oxidation sites excluding steroid dienone is 1. The van der Waals surface area contributed by atoms with Crippen LogP contribution >= 0.6 is 23.1 Å². The van der Waals surface area contributed by atoms with Crippen LogP contribution in [0, 0.1) is 27.7 Å². The monoisotopic (exact) mass is 398 g/mol. The summed E-state index contributed by atoms with van der Waals surface area (Å²) in [6.07, 6.45) is 1.67. The Morgan fingerprint density at radius 2 is 1.89 bits per heavy atom. The topological polar surface area (TPSA) is 52.0 Å². The summed E-state index contributed by atoms with van der Waals surface area (Å²) >= 11 is 2.81. The minimum atomic E-state index is -0.0816. The maximum atomic E-state index is 12.8. The van der Waals surface area contributed by atoms with E-state index in [0.29, 0.717) is 17.1 Å². The maximum absolute atomic E-state index is 12.8. The van der Waals surface area contributed by atoms with Crippen LogP contribution in [0.4, 0.5) is 0 Å². The number of aryl methyl sites for hydroxylation is 4. The second-order valence-electron chi connectivity index (χ2n) is 6.66. The molecule has 3 rings (SSSR count). The molecule has 0 aliphatic heterocycles. The molecular formula is C21H22N2O2S2. The molecule has 6 heteroatoms. The van der Waals surface area contributed by atoms with Crippen molar-refractivity contribution in [1.82, 2.24) is 9.55 Å². The van der Waals surface area contributed by atoms with Gasteiger partial charge in [0.05, 0.1) is 11.1 Å². The zero-order valence-corrected chi connectivity index (χ0v) is 17.6. The number of Topliss-reactive ketones (excluding diaryl/α,β-unsaturated/α-hetero) is 1. The van der Waals surface area contributed by atoms with Gasteiger partial charge >= 0.3 is 0 Å². The molecule has 27 heavy (non-hydrogen) atoms. The van der Waals surface area contributed by atoms with Crippen LogP contribution < -0.4 is 5.56 Å². The van der Waals surface area contributed by atoms with Gasteiger partial charge in [-0.15, -0.1) is 17.9 Å². The Bertz CT molecular complexity index is 1090. The molecule has 0 spiro atoms. The fourth-order valence-electron chi connectivity index (χ4n) is 3.34. The number of nitrogens with zero attached hydrogens (tertiary/aromatic N) is 2. The van der Waals surface area contributed by atoms with Crippen LogP contribution in [-0.2, 0) is 6.54 Å². The minimum absolute atomic E-state index is 0.0526. The van der Waals surface area contributed by atoms with E-state index in [-0.39, 0.29) is 17.1 Å². The lowest BCUT2D eigenvalue weighted by Crippen LogP contribution is -2.22. The lowest BCUT2D eigenvalue weighted by atomic mass is 9.97. The van der Waals surface area contributed by atoms with Gasteiger partial charge in [0, 0.05) is 17.0 Å². The quantitative estimate of drug-likeness (QED) is 0.258. The van der Waals surface area contributed by atoms with Crippen LogP contribution in [0.15, 0.2) is 40.8 Å². The first kappa shape index (κ1) is 19.6. The number of ketones is 1. The number of hydrogen-bond acceptors (Lipinski definition) is 5. The smallest absolute Gasteiger partial charge is 0.263 e. The van der Waals surface area contributed by atoms with Crippen molar-refractivity contribution < 1.29 is 4.79 Å². The number of thioether (sulfide) groups is 1. The Morgan fingerprint density at radius 3 is 2.52 bits per heavy atom. The SMILES string of the molecule is C=CCn1c(SCC(=O)c2c(C)cc(C)cc2C)nc2sc(C)cc2c1=O. The maximum Gasteiger partial charge on any atom is 0.263 e. The van der Waals surface area contributed by atoms with E-state index in [4.69, 9.17) is 0 Å². The third kappa shape index (κ3) is 3.92. The minimum Gasteiger partial charge on any atom is -0.293 e. The van der Waals surface area contributed by atoms with Gasteiger partial charge in [-0.2, -0.15) is 0 Å². The molecule has 2 heterocycles. The number of rotatable bonds is 6. The highest BCUT2D eigenvalue weighted by Gasteiger charge is 2.17. The van der Waals surface area contributed by atoms with Crippen LogP contribution in [0.5, 0.6) is 0 Å². The molecule has 140 valence electrons. The van der Waals surface area contributed by atoms with Crippen LogP contribution in [0.25, 0.3) is 10.2 Å². The van der Waals surface area contributed by atoms with E-state index >= 15 is 0 Å².